The Morgan fingerprint density at radius 1 is 1.31 bits per heavy atom. The van der Waals surface area contributed by atoms with Gasteiger partial charge in [-0.1, -0.05) is 12.1 Å². The number of rotatable bonds is 3. The van der Waals surface area contributed by atoms with Gasteiger partial charge in [0.2, 0.25) is 0 Å². The first kappa shape index (κ1) is 9.97. The van der Waals surface area contributed by atoms with E-state index in [0.717, 1.165) is 0 Å². The zero-order valence-corrected chi connectivity index (χ0v) is 7.58. The number of nitrogen functional groups attached to an aromatic ring is 1. The molecule has 0 amide bonds. The summed E-state index contributed by atoms with van der Waals surface area (Å²) in [6.07, 6.45) is 0. The van der Waals surface area contributed by atoms with Crippen molar-refractivity contribution in [1.29, 1.82) is 0 Å². The van der Waals surface area contributed by atoms with E-state index in [1.54, 1.807) is 24.3 Å². The summed E-state index contributed by atoms with van der Waals surface area (Å²) in [6.45, 7) is 0. The first-order valence-electron chi connectivity index (χ1n) is 3.52. The van der Waals surface area contributed by atoms with Crippen LogP contribution in [0.2, 0.25) is 0 Å². The molecule has 0 radical (unpaired) electrons. The molecule has 0 bridgehead atoms. The molecule has 4 N–H and O–H groups in total. The van der Waals surface area contributed by atoms with Crippen molar-refractivity contribution in [2.24, 2.45) is 5.84 Å². The lowest BCUT2D eigenvalue weighted by atomic mass is 10.2. The van der Waals surface area contributed by atoms with E-state index in [4.69, 9.17) is 10.4 Å². The van der Waals surface area contributed by atoms with Gasteiger partial charge >= 0.3 is 0 Å². The van der Waals surface area contributed by atoms with E-state index < -0.39 is 10.1 Å². The average molecular weight is 202 g/mol. The summed E-state index contributed by atoms with van der Waals surface area (Å²) in [4.78, 5) is 0. The number of hydrogen-bond acceptors (Lipinski definition) is 4. The van der Waals surface area contributed by atoms with E-state index in [1.165, 1.54) is 0 Å². The quantitative estimate of drug-likeness (QED) is 0.374. The van der Waals surface area contributed by atoms with Crippen LogP contribution in [0.1, 0.15) is 5.56 Å². The predicted molar refractivity (Wildman–Crippen MR) is 49.5 cm³/mol. The van der Waals surface area contributed by atoms with Crippen LogP contribution in [0.15, 0.2) is 24.3 Å². The molecule has 0 saturated heterocycles. The summed E-state index contributed by atoms with van der Waals surface area (Å²) in [6, 6.07) is 6.40. The Morgan fingerprint density at radius 2 is 1.85 bits per heavy atom. The van der Waals surface area contributed by atoms with Gasteiger partial charge < -0.3 is 5.43 Å². The molecule has 0 aliphatic rings. The van der Waals surface area contributed by atoms with Gasteiger partial charge in [-0.25, -0.2) is 0 Å². The monoisotopic (exact) mass is 202 g/mol. The van der Waals surface area contributed by atoms with Crippen molar-refractivity contribution in [2.75, 3.05) is 5.43 Å². The van der Waals surface area contributed by atoms with E-state index in [1.807, 2.05) is 0 Å². The Kier molecular flexibility index (Phi) is 2.86. The molecule has 0 spiro atoms. The van der Waals surface area contributed by atoms with Crippen LogP contribution in [0, 0.1) is 0 Å². The van der Waals surface area contributed by atoms with E-state index in [9.17, 15) is 8.42 Å². The minimum atomic E-state index is -3.95. The van der Waals surface area contributed by atoms with Gasteiger partial charge in [0.1, 0.15) is 5.75 Å². The maximum Gasteiger partial charge on any atom is 0.269 e. The van der Waals surface area contributed by atoms with Gasteiger partial charge in [-0.05, 0) is 17.7 Å². The van der Waals surface area contributed by atoms with Crippen molar-refractivity contribution in [1.82, 2.24) is 0 Å². The Bertz CT molecular complexity index is 371. The fourth-order valence-electron chi connectivity index (χ4n) is 0.908. The average Bonchev–Trinajstić information content (AvgIpc) is 2.03. The number of hydrogen-bond donors (Lipinski definition) is 3. The van der Waals surface area contributed by atoms with E-state index in [-0.39, 0.29) is 5.75 Å². The summed E-state index contributed by atoms with van der Waals surface area (Å²) in [5.74, 6) is 4.73. The summed E-state index contributed by atoms with van der Waals surface area (Å²) in [7, 11) is -3.95. The van der Waals surface area contributed by atoms with Gasteiger partial charge in [-0.15, -0.1) is 0 Å². The second-order valence-corrected chi connectivity index (χ2v) is 4.02. The standard InChI is InChI=1S/C7H10N2O3S/c8-9-7-3-1-6(2-4-7)5-13(10,11)12/h1-4,9H,5,8H2,(H,10,11,12). The molecule has 13 heavy (non-hydrogen) atoms. The van der Waals surface area contributed by atoms with Gasteiger partial charge in [0.05, 0.1) is 0 Å². The molecular formula is C7H10N2O3S. The molecule has 0 atom stereocenters. The van der Waals surface area contributed by atoms with Gasteiger partial charge in [-0.3, -0.25) is 10.4 Å². The van der Waals surface area contributed by atoms with Crippen molar-refractivity contribution in [3.8, 4) is 0 Å². The molecule has 1 rings (SSSR count). The first-order chi connectivity index (χ1) is 6.01. The highest BCUT2D eigenvalue weighted by atomic mass is 32.2. The highest BCUT2D eigenvalue weighted by molar-refractivity contribution is 7.85. The summed E-state index contributed by atoms with van der Waals surface area (Å²) < 4.78 is 29.5. The van der Waals surface area contributed by atoms with Crippen molar-refractivity contribution < 1.29 is 13.0 Å². The number of hydrazine groups is 1. The second kappa shape index (κ2) is 3.73. The third kappa shape index (κ3) is 3.41. The van der Waals surface area contributed by atoms with E-state index in [0.29, 0.717) is 11.3 Å². The molecule has 1 aromatic rings. The fourth-order valence-corrected chi connectivity index (χ4v) is 1.52. The molecule has 1 aromatic carbocycles. The molecule has 0 fully saturated rings. The summed E-state index contributed by atoms with van der Waals surface area (Å²) in [5.41, 5.74) is 3.60. The number of anilines is 1. The Morgan fingerprint density at radius 3 is 2.23 bits per heavy atom. The number of nitrogens with one attached hydrogen (secondary N) is 1. The maximum atomic E-state index is 10.5. The zero-order valence-electron chi connectivity index (χ0n) is 6.77. The Labute approximate surface area is 76.3 Å². The Hall–Kier alpha value is -1.11. The first-order valence-corrected chi connectivity index (χ1v) is 5.13. The zero-order chi connectivity index (χ0) is 9.90. The van der Waals surface area contributed by atoms with Crippen LogP contribution < -0.4 is 11.3 Å². The SMILES string of the molecule is NNc1ccc(CS(=O)(=O)O)cc1. The van der Waals surface area contributed by atoms with Crippen LogP contribution in [-0.4, -0.2) is 13.0 Å². The normalized spacial score (nSPS) is 11.2. The van der Waals surface area contributed by atoms with Crippen molar-refractivity contribution in [2.45, 2.75) is 5.75 Å². The third-order valence-electron chi connectivity index (χ3n) is 1.47. The van der Waals surface area contributed by atoms with E-state index in [2.05, 4.69) is 5.43 Å². The molecule has 72 valence electrons. The van der Waals surface area contributed by atoms with Crippen LogP contribution in [0.25, 0.3) is 0 Å². The number of nitrogens with two attached hydrogens (primary N) is 1. The second-order valence-electron chi connectivity index (χ2n) is 2.57. The summed E-state index contributed by atoms with van der Waals surface area (Å²) in [5, 5.41) is 0. The Balaban J connectivity index is 2.81. The molecule has 0 aliphatic carbocycles. The number of benzene rings is 1. The highest BCUT2D eigenvalue weighted by Gasteiger charge is 2.05. The third-order valence-corrected chi connectivity index (χ3v) is 2.17. The molecule has 0 aliphatic heterocycles. The highest BCUT2D eigenvalue weighted by Crippen LogP contribution is 2.09. The van der Waals surface area contributed by atoms with Crippen LogP contribution in [0.3, 0.4) is 0 Å². The molecule has 0 aromatic heterocycles. The van der Waals surface area contributed by atoms with E-state index >= 15 is 0 Å². The molecule has 0 unspecified atom stereocenters. The molecule has 5 nitrogen and oxygen atoms in total. The van der Waals surface area contributed by atoms with Gasteiger partial charge in [-0.2, -0.15) is 8.42 Å². The van der Waals surface area contributed by atoms with Crippen LogP contribution >= 0.6 is 0 Å². The predicted octanol–water partition coefficient (Wildman–Crippen LogP) is 0.360. The minimum absolute atomic E-state index is 0.377. The summed E-state index contributed by atoms with van der Waals surface area (Å²) >= 11 is 0. The van der Waals surface area contributed by atoms with Crippen LogP contribution in [0.4, 0.5) is 5.69 Å². The lowest BCUT2D eigenvalue weighted by Crippen LogP contribution is -2.07. The lowest BCUT2D eigenvalue weighted by molar-refractivity contribution is 0.482. The molecular weight excluding hydrogens is 192 g/mol. The molecule has 0 saturated carbocycles. The maximum absolute atomic E-state index is 10.5. The largest absolute Gasteiger partial charge is 0.324 e. The van der Waals surface area contributed by atoms with Crippen molar-refractivity contribution in [3.63, 3.8) is 0 Å². The lowest BCUT2D eigenvalue weighted by Gasteiger charge is -2.01. The topological polar surface area (TPSA) is 92.4 Å². The van der Waals surface area contributed by atoms with Gasteiger partial charge in [0, 0.05) is 5.69 Å². The van der Waals surface area contributed by atoms with Crippen LogP contribution in [0.5, 0.6) is 0 Å². The van der Waals surface area contributed by atoms with Crippen molar-refractivity contribution in [3.05, 3.63) is 29.8 Å². The molecule has 0 heterocycles. The van der Waals surface area contributed by atoms with Gasteiger partial charge in [0.15, 0.2) is 0 Å². The minimum Gasteiger partial charge on any atom is -0.324 e. The fraction of sp³-hybridized carbons (Fsp3) is 0.143. The van der Waals surface area contributed by atoms with Crippen molar-refractivity contribution >= 4 is 15.8 Å². The van der Waals surface area contributed by atoms with Crippen LogP contribution in [-0.2, 0) is 15.9 Å². The smallest absolute Gasteiger partial charge is 0.269 e. The molecule has 6 heteroatoms. The van der Waals surface area contributed by atoms with Gasteiger partial charge in [0.25, 0.3) is 10.1 Å².